The van der Waals surface area contributed by atoms with E-state index in [-0.39, 0.29) is 6.10 Å². The summed E-state index contributed by atoms with van der Waals surface area (Å²) in [6.45, 7) is 4.47. The molecule has 0 fully saturated rings. The summed E-state index contributed by atoms with van der Waals surface area (Å²) < 4.78 is 4.95. The summed E-state index contributed by atoms with van der Waals surface area (Å²) in [5, 5.41) is 0. The molecule has 0 bridgehead atoms. The fourth-order valence-corrected chi connectivity index (χ4v) is 0.298. The van der Waals surface area contributed by atoms with Gasteiger partial charge in [0.25, 0.3) is 0 Å². The van der Waals surface area contributed by atoms with E-state index in [1.807, 2.05) is 13.8 Å². The third kappa shape index (κ3) is 3.35. The molecule has 1 atom stereocenters. The molecule has 0 rings (SSSR count). The monoisotopic (exact) mass is 98.1 g/mol. The van der Waals surface area contributed by atoms with Crippen LogP contribution in [-0.4, -0.2) is 12.7 Å². The lowest BCUT2D eigenvalue weighted by Gasteiger charge is -1.99. The summed E-state index contributed by atoms with van der Waals surface area (Å²) in [6.07, 6.45) is 4.96. The highest BCUT2D eigenvalue weighted by Gasteiger charge is 1.88. The van der Waals surface area contributed by atoms with Crippen LogP contribution in [0.25, 0.3) is 0 Å². The van der Waals surface area contributed by atoms with Gasteiger partial charge in [0, 0.05) is 6.61 Å². The predicted octanol–water partition coefficient (Wildman–Crippen LogP) is 1.04. The summed E-state index contributed by atoms with van der Waals surface area (Å²) in [6, 6.07) is 0. The first kappa shape index (κ1) is 6.52. The summed E-state index contributed by atoms with van der Waals surface area (Å²) in [5.41, 5.74) is 0. The molecule has 0 heterocycles. The Kier molecular flexibility index (Phi) is 3.45. The van der Waals surface area contributed by atoms with Crippen molar-refractivity contribution in [3.63, 3.8) is 0 Å². The Morgan fingerprint density at radius 3 is 2.57 bits per heavy atom. The Balaban J connectivity index is 3.04. The van der Waals surface area contributed by atoms with Gasteiger partial charge in [-0.25, -0.2) is 0 Å². The van der Waals surface area contributed by atoms with E-state index in [9.17, 15) is 0 Å². The molecular formula is C6H10O. The van der Waals surface area contributed by atoms with Gasteiger partial charge in [0.05, 0.1) is 0 Å². The fourth-order valence-electron chi connectivity index (χ4n) is 0.298. The number of hydrogen-bond acceptors (Lipinski definition) is 1. The molecule has 0 saturated heterocycles. The lowest BCUT2D eigenvalue weighted by molar-refractivity contribution is 0.116. The van der Waals surface area contributed by atoms with Crippen LogP contribution in [0.1, 0.15) is 13.8 Å². The second kappa shape index (κ2) is 3.70. The van der Waals surface area contributed by atoms with Gasteiger partial charge < -0.3 is 4.74 Å². The van der Waals surface area contributed by atoms with Crippen LogP contribution < -0.4 is 0 Å². The van der Waals surface area contributed by atoms with Gasteiger partial charge in [-0.15, -0.1) is 6.42 Å². The van der Waals surface area contributed by atoms with Crippen LogP contribution in [0.2, 0.25) is 0 Å². The first-order valence-corrected chi connectivity index (χ1v) is 2.39. The summed E-state index contributed by atoms with van der Waals surface area (Å²) >= 11 is 0. The van der Waals surface area contributed by atoms with E-state index >= 15 is 0 Å². The van der Waals surface area contributed by atoms with Crippen LogP contribution in [0.5, 0.6) is 0 Å². The highest BCUT2D eigenvalue weighted by Crippen LogP contribution is 1.83. The SMILES string of the molecule is C#CC(C)OCC. The van der Waals surface area contributed by atoms with Crippen molar-refractivity contribution < 1.29 is 4.74 Å². The molecular weight excluding hydrogens is 88.1 g/mol. The minimum Gasteiger partial charge on any atom is -0.366 e. The molecule has 0 aliphatic rings. The predicted molar refractivity (Wildman–Crippen MR) is 29.9 cm³/mol. The van der Waals surface area contributed by atoms with Gasteiger partial charge >= 0.3 is 0 Å². The van der Waals surface area contributed by atoms with Crippen LogP contribution in [-0.2, 0) is 4.74 Å². The molecule has 1 heteroatoms. The van der Waals surface area contributed by atoms with E-state index < -0.39 is 0 Å². The number of rotatable bonds is 2. The molecule has 0 aliphatic heterocycles. The van der Waals surface area contributed by atoms with Crippen molar-refractivity contribution in [1.29, 1.82) is 0 Å². The van der Waals surface area contributed by atoms with Crippen molar-refractivity contribution >= 4 is 0 Å². The van der Waals surface area contributed by atoms with Crippen molar-refractivity contribution in [2.75, 3.05) is 6.61 Å². The number of hydrogen-bond donors (Lipinski definition) is 0. The molecule has 0 N–H and O–H groups in total. The Labute approximate surface area is 44.7 Å². The Morgan fingerprint density at radius 2 is 2.43 bits per heavy atom. The number of terminal acetylenes is 1. The maximum atomic E-state index is 4.98. The third-order valence-corrected chi connectivity index (χ3v) is 0.651. The number of ether oxygens (including phenoxy) is 1. The van der Waals surface area contributed by atoms with Gasteiger partial charge in [-0.05, 0) is 13.8 Å². The maximum Gasteiger partial charge on any atom is 0.115 e. The van der Waals surface area contributed by atoms with E-state index in [2.05, 4.69) is 5.92 Å². The lowest BCUT2D eigenvalue weighted by atomic mass is 10.4. The zero-order valence-electron chi connectivity index (χ0n) is 4.77. The molecule has 1 unspecified atom stereocenters. The highest BCUT2D eigenvalue weighted by atomic mass is 16.5. The van der Waals surface area contributed by atoms with Gasteiger partial charge in [0.1, 0.15) is 6.10 Å². The summed E-state index contributed by atoms with van der Waals surface area (Å²) in [7, 11) is 0. The van der Waals surface area contributed by atoms with Crippen LogP contribution in [0.3, 0.4) is 0 Å². The molecule has 0 aromatic carbocycles. The summed E-state index contributed by atoms with van der Waals surface area (Å²) in [4.78, 5) is 0. The zero-order chi connectivity index (χ0) is 5.70. The van der Waals surface area contributed by atoms with E-state index in [1.54, 1.807) is 0 Å². The van der Waals surface area contributed by atoms with Gasteiger partial charge in [0.2, 0.25) is 0 Å². The molecule has 0 amide bonds. The normalized spacial score (nSPS) is 12.7. The first-order valence-electron chi connectivity index (χ1n) is 2.39. The topological polar surface area (TPSA) is 9.23 Å². The highest BCUT2D eigenvalue weighted by molar-refractivity contribution is 4.91. The van der Waals surface area contributed by atoms with E-state index in [1.165, 1.54) is 0 Å². The molecule has 0 aromatic heterocycles. The minimum absolute atomic E-state index is 0.0231. The maximum absolute atomic E-state index is 4.98. The van der Waals surface area contributed by atoms with Crippen LogP contribution in [0.15, 0.2) is 0 Å². The average molecular weight is 98.1 g/mol. The van der Waals surface area contributed by atoms with Gasteiger partial charge in [0.15, 0.2) is 0 Å². The minimum atomic E-state index is -0.0231. The molecule has 0 saturated carbocycles. The van der Waals surface area contributed by atoms with E-state index in [0.717, 1.165) is 0 Å². The van der Waals surface area contributed by atoms with Crippen LogP contribution in [0, 0.1) is 12.3 Å². The second-order valence-corrected chi connectivity index (χ2v) is 1.26. The van der Waals surface area contributed by atoms with Gasteiger partial charge in [-0.1, -0.05) is 5.92 Å². The molecule has 0 aliphatic carbocycles. The zero-order valence-corrected chi connectivity index (χ0v) is 4.77. The molecule has 0 spiro atoms. The molecule has 0 aromatic rings. The largest absolute Gasteiger partial charge is 0.366 e. The van der Waals surface area contributed by atoms with E-state index in [4.69, 9.17) is 11.2 Å². The molecule has 0 radical (unpaired) electrons. The fraction of sp³-hybridized carbons (Fsp3) is 0.667. The Bertz CT molecular complexity index is 70.7. The van der Waals surface area contributed by atoms with E-state index in [0.29, 0.717) is 6.61 Å². The first-order chi connectivity index (χ1) is 3.31. The van der Waals surface area contributed by atoms with Crippen molar-refractivity contribution in [1.82, 2.24) is 0 Å². The van der Waals surface area contributed by atoms with Crippen molar-refractivity contribution in [2.24, 2.45) is 0 Å². The molecule has 40 valence electrons. The molecule has 1 nitrogen and oxygen atoms in total. The Hall–Kier alpha value is -0.480. The average Bonchev–Trinajstić information content (AvgIpc) is 1.68. The molecule has 7 heavy (non-hydrogen) atoms. The second-order valence-electron chi connectivity index (χ2n) is 1.26. The van der Waals surface area contributed by atoms with Crippen molar-refractivity contribution in [3.05, 3.63) is 0 Å². The van der Waals surface area contributed by atoms with Gasteiger partial charge in [-0.2, -0.15) is 0 Å². The smallest absolute Gasteiger partial charge is 0.115 e. The standard InChI is InChI=1S/C6H10O/c1-4-6(3)7-5-2/h1,6H,5H2,2-3H3. The van der Waals surface area contributed by atoms with Gasteiger partial charge in [-0.3, -0.25) is 0 Å². The lowest BCUT2D eigenvalue weighted by Crippen LogP contribution is -2.02. The Morgan fingerprint density at radius 1 is 1.86 bits per heavy atom. The quantitative estimate of drug-likeness (QED) is 0.469. The van der Waals surface area contributed by atoms with Crippen molar-refractivity contribution in [2.45, 2.75) is 20.0 Å². The van der Waals surface area contributed by atoms with Crippen LogP contribution >= 0.6 is 0 Å². The van der Waals surface area contributed by atoms with Crippen LogP contribution in [0.4, 0.5) is 0 Å². The summed E-state index contributed by atoms with van der Waals surface area (Å²) in [5.74, 6) is 2.44. The van der Waals surface area contributed by atoms with Crippen molar-refractivity contribution in [3.8, 4) is 12.3 Å². The third-order valence-electron chi connectivity index (χ3n) is 0.651.